The van der Waals surface area contributed by atoms with Gasteiger partial charge in [-0.3, -0.25) is 4.79 Å². The van der Waals surface area contributed by atoms with E-state index in [-0.39, 0.29) is 18.6 Å². The van der Waals surface area contributed by atoms with Crippen molar-refractivity contribution in [2.75, 3.05) is 13.7 Å². The van der Waals surface area contributed by atoms with Crippen molar-refractivity contribution in [2.24, 2.45) is 0 Å². The Labute approximate surface area is 156 Å². The predicted octanol–water partition coefficient (Wildman–Crippen LogP) is 2.04. The van der Waals surface area contributed by atoms with Crippen LogP contribution in [0.5, 0.6) is 0 Å². The molecule has 1 atom stereocenters. The summed E-state index contributed by atoms with van der Waals surface area (Å²) in [6.07, 6.45) is 1.45. The van der Waals surface area contributed by atoms with Gasteiger partial charge >= 0.3 is 5.97 Å². The Kier molecular flexibility index (Phi) is 5.55. The van der Waals surface area contributed by atoms with Crippen LogP contribution in [0.15, 0.2) is 60.9 Å². The summed E-state index contributed by atoms with van der Waals surface area (Å²) in [7, 11) is 1.69. The molecule has 2 aromatic carbocycles. The standard InChI is InChI=1S/C19H19N5O3/c1-14(15-6-4-3-5-7-15)23(2)18(25)12-27-19(26)16-8-10-17(11-9-16)24-13-20-21-22-24/h3-11,13-14H,12H2,1-2H3/t14-/m0/s1. The van der Waals surface area contributed by atoms with Gasteiger partial charge in [0.25, 0.3) is 5.91 Å². The number of carbonyl (C=O) groups excluding carboxylic acids is 2. The number of benzene rings is 2. The normalized spacial score (nSPS) is 11.6. The van der Waals surface area contributed by atoms with E-state index in [1.165, 1.54) is 11.0 Å². The fraction of sp³-hybridized carbons (Fsp3) is 0.211. The topological polar surface area (TPSA) is 90.2 Å². The molecule has 0 saturated carbocycles. The first-order valence-electron chi connectivity index (χ1n) is 8.37. The molecule has 3 aromatic rings. The number of hydrogen-bond acceptors (Lipinski definition) is 6. The lowest BCUT2D eigenvalue weighted by atomic mass is 10.1. The Hall–Kier alpha value is -3.55. The van der Waals surface area contributed by atoms with Crippen molar-refractivity contribution in [3.05, 3.63) is 72.1 Å². The Morgan fingerprint density at radius 3 is 2.44 bits per heavy atom. The number of carbonyl (C=O) groups is 2. The van der Waals surface area contributed by atoms with Gasteiger partial charge in [-0.1, -0.05) is 30.3 Å². The Balaban J connectivity index is 1.56. The fourth-order valence-electron chi connectivity index (χ4n) is 2.51. The van der Waals surface area contributed by atoms with Crippen molar-refractivity contribution >= 4 is 11.9 Å². The van der Waals surface area contributed by atoms with Crippen LogP contribution in [0.25, 0.3) is 5.69 Å². The van der Waals surface area contributed by atoms with Gasteiger partial charge in [-0.25, -0.2) is 9.48 Å². The van der Waals surface area contributed by atoms with Crippen LogP contribution in [0, 0.1) is 0 Å². The van der Waals surface area contributed by atoms with Crippen LogP contribution in [-0.4, -0.2) is 50.6 Å². The fourth-order valence-corrected chi connectivity index (χ4v) is 2.51. The number of esters is 1. The highest BCUT2D eigenvalue weighted by molar-refractivity contribution is 5.91. The first kappa shape index (κ1) is 18.2. The lowest BCUT2D eigenvalue weighted by Gasteiger charge is -2.25. The molecule has 8 heteroatoms. The van der Waals surface area contributed by atoms with Gasteiger partial charge in [0, 0.05) is 7.05 Å². The van der Waals surface area contributed by atoms with Crippen molar-refractivity contribution in [3.63, 3.8) is 0 Å². The van der Waals surface area contributed by atoms with Crippen LogP contribution in [0.1, 0.15) is 28.9 Å². The third kappa shape index (κ3) is 4.35. The zero-order chi connectivity index (χ0) is 19.2. The minimum atomic E-state index is -0.563. The van der Waals surface area contributed by atoms with Crippen molar-refractivity contribution in [1.82, 2.24) is 25.1 Å². The van der Waals surface area contributed by atoms with E-state index in [9.17, 15) is 9.59 Å². The number of ether oxygens (including phenoxy) is 1. The van der Waals surface area contributed by atoms with Gasteiger partial charge in [0.15, 0.2) is 6.61 Å². The van der Waals surface area contributed by atoms with Crippen LogP contribution in [0.2, 0.25) is 0 Å². The maximum Gasteiger partial charge on any atom is 0.338 e. The molecule has 3 rings (SSSR count). The Morgan fingerprint density at radius 1 is 1.11 bits per heavy atom. The van der Waals surface area contributed by atoms with E-state index in [1.807, 2.05) is 37.3 Å². The molecule has 0 N–H and O–H groups in total. The third-order valence-electron chi connectivity index (χ3n) is 4.30. The minimum Gasteiger partial charge on any atom is -0.452 e. The molecule has 1 heterocycles. The zero-order valence-corrected chi connectivity index (χ0v) is 15.0. The highest BCUT2D eigenvalue weighted by Crippen LogP contribution is 2.18. The molecule has 0 radical (unpaired) electrons. The van der Waals surface area contributed by atoms with Gasteiger partial charge in [-0.2, -0.15) is 0 Å². The predicted molar refractivity (Wildman–Crippen MR) is 97.1 cm³/mol. The quantitative estimate of drug-likeness (QED) is 0.621. The molecule has 0 aliphatic heterocycles. The molecule has 8 nitrogen and oxygen atoms in total. The Morgan fingerprint density at radius 2 is 1.81 bits per heavy atom. The van der Waals surface area contributed by atoms with Crippen molar-refractivity contribution in [1.29, 1.82) is 0 Å². The van der Waals surface area contributed by atoms with E-state index in [4.69, 9.17) is 4.74 Å². The molecule has 0 saturated heterocycles. The van der Waals surface area contributed by atoms with Gasteiger partial charge in [0.2, 0.25) is 0 Å². The maximum atomic E-state index is 12.3. The summed E-state index contributed by atoms with van der Waals surface area (Å²) in [5.74, 6) is -0.836. The van der Waals surface area contributed by atoms with Gasteiger partial charge in [0.05, 0.1) is 17.3 Å². The summed E-state index contributed by atoms with van der Waals surface area (Å²) in [5.41, 5.74) is 2.07. The largest absolute Gasteiger partial charge is 0.452 e. The summed E-state index contributed by atoms with van der Waals surface area (Å²) in [4.78, 5) is 26.1. The smallest absolute Gasteiger partial charge is 0.338 e. The summed E-state index contributed by atoms with van der Waals surface area (Å²) in [6, 6.07) is 16.1. The average molecular weight is 365 g/mol. The summed E-state index contributed by atoms with van der Waals surface area (Å²) >= 11 is 0. The summed E-state index contributed by atoms with van der Waals surface area (Å²) in [5, 5.41) is 10.9. The molecule has 0 spiro atoms. The van der Waals surface area contributed by atoms with E-state index < -0.39 is 5.97 Å². The molecule has 0 unspecified atom stereocenters. The lowest BCUT2D eigenvalue weighted by molar-refractivity contribution is -0.135. The molecule has 0 fully saturated rings. The van der Waals surface area contributed by atoms with Crippen LogP contribution in [-0.2, 0) is 9.53 Å². The van der Waals surface area contributed by atoms with Crippen LogP contribution < -0.4 is 0 Å². The van der Waals surface area contributed by atoms with Crippen LogP contribution in [0.3, 0.4) is 0 Å². The highest BCUT2D eigenvalue weighted by atomic mass is 16.5. The number of aromatic nitrogens is 4. The van der Waals surface area contributed by atoms with Gasteiger partial charge in [-0.15, -0.1) is 5.10 Å². The van der Waals surface area contributed by atoms with Crippen molar-refractivity contribution < 1.29 is 14.3 Å². The molecule has 138 valence electrons. The van der Waals surface area contributed by atoms with Gasteiger partial charge < -0.3 is 9.64 Å². The van der Waals surface area contributed by atoms with E-state index >= 15 is 0 Å². The molecule has 1 aromatic heterocycles. The van der Waals surface area contributed by atoms with Crippen LogP contribution in [0.4, 0.5) is 0 Å². The molecular weight excluding hydrogens is 346 g/mol. The number of tetrazole rings is 1. The maximum absolute atomic E-state index is 12.3. The van der Waals surface area contributed by atoms with E-state index in [0.717, 1.165) is 5.56 Å². The molecular formula is C19H19N5O3. The molecule has 0 aliphatic carbocycles. The van der Waals surface area contributed by atoms with E-state index in [0.29, 0.717) is 11.3 Å². The second-order valence-electron chi connectivity index (χ2n) is 5.97. The number of hydrogen-bond donors (Lipinski definition) is 0. The molecule has 0 bridgehead atoms. The highest BCUT2D eigenvalue weighted by Gasteiger charge is 2.19. The average Bonchev–Trinajstić information content (AvgIpc) is 3.26. The van der Waals surface area contributed by atoms with Gasteiger partial charge in [0.1, 0.15) is 6.33 Å². The monoisotopic (exact) mass is 365 g/mol. The number of nitrogens with zero attached hydrogens (tertiary/aromatic N) is 5. The second-order valence-corrected chi connectivity index (χ2v) is 5.97. The van der Waals surface area contributed by atoms with Crippen molar-refractivity contribution in [2.45, 2.75) is 13.0 Å². The number of amides is 1. The molecule has 0 aliphatic rings. The summed E-state index contributed by atoms with van der Waals surface area (Å²) in [6.45, 7) is 1.61. The minimum absolute atomic E-state index is 0.118. The zero-order valence-electron chi connectivity index (χ0n) is 15.0. The number of rotatable bonds is 6. The summed E-state index contributed by atoms with van der Waals surface area (Å²) < 4.78 is 6.62. The first-order chi connectivity index (χ1) is 13.1. The number of likely N-dealkylation sites (N-methyl/N-ethyl adjacent to an activating group) is 1. The lowest BCUT2D eigenvalue weighted by Crippen LogP contribution is -2.33. The Bertz CT molecular complexity index is 895. The van der Waals surface area contributed by atoms with Gasteiger partial charge in [-0.05, 0) is 47.2 Å². The first-order valence-corrected chi connectivity index (χ1v) is 8.37. The van der Waals surface area contributed by atoms with Crippen molar-refractivity contribution in [3.8, 4) is 5.69 Å². The van der Waals surface area contributed by atoms with E-state index in [2.05, 4.69) is 15.5 Å². The second kappa shape index (κ2) is 8.22. The van der Waals surface area contributed by atoms with E-state index in [1.54, 1.807) is 36.2 Å². The third-order valence-corrected chi connectivity index (χ3v) is 4.30. The van der Waals surface area contributed by atoms with Crippen LogP contribution >= 0.6 is 0 Å². The molecule has 27 heavy (non-hydrogen) atoms. The molecule has 1 amide bonds. The SMILES string of the molecule is C[C@@H](c1ccccc1)N(C)C(=O)COC(=O)c1ccc(-n2cnnn2)cc1.